The number of rotatable bonds is 7. The smallest absolute Gasteiger partial charge is 0.342 e. The number of carbonyl (C=O) groups is 2. The molecule has 0 atom stereocenters. The van der Waals surface area contributed by atoms with Gasteiger partial charge in [-0.05, 0) is 25.1 Å². The third-order valence-electron chi connectivity index (χ3n) is 5.25. The van der Waals surface area contributed by atoms with E-state index in [1.807, 2.05) is 0 Å². The minimum Gasteiger partial charge on any atom is -0.342 e. The van der Waals surface area contributed by atoms with Crippen molar-refractivity contribution in [2.45, 2.75) is 11.8 Å². The predicted octanol–water partition coefficient (Wildman–Crippen LogP) is 0.372. The molecule has 0 radical (unpaired) electrons. The summed E-state index contributed by atoms with van der Waals surface area (Å²) in [6, 6.07) is 6.07. The number of hydrogen-bond donors (Lipinski definition) is 2. The van der Waals surface area contributed by atoms with Gasteiger partial charge in [0.2, 0.25) is 9.84 Å². The summed E-state index contributed by atoms with van der Waals surface area (Å²) in [7, 11) is 3.21. The van der Waals surface area contributed by atoms with Crippen molar-refractivity contribution in [3.63, 3.8) is 0 Å². The van der Waals surface area contributed by atoms with Crippen LogP contribution in [0.4, 0.5) is 5.69 Å². The maximum atomic E-state index is 13.0. The highest BCUT2D eigenvalue weighted by Gasteiger charge is 2.23. The van der Waals surface area contributed by atoms with E-state index in [1.165, 1.54) is 25.1 Å². The second kappa shape index (κ2) is 9.41. The number of sulfone groups is 1. The van der Waals surface area contributed by atoms with Crippen LogP contribution in [0.1, 0.15) is 28.2 Å². The minimum atomic E-state index is -3.80. The van der Waals surface area contributed by atoms with Crippen LogP contribution in [-0.2, 0) is 38.0 Å². The molecule has 0 aliphatic carbocycles. The van der Waals surface area contributed by atoms with E-state index in [2.05, 4.69) is 10.6 Å². The first-order valence-electron chi connectivity index (χ1n) is 10.2. The molecule has 0 saturated carbocycles. The summed E-state index contributed by atoms with van der Waals surface area (Å²) in [6.45, 7) is 1.52. The van der Waals surface area contributed by atoms with Gasteiger partial charge in [-0.15, -0.1) is 0 Å². The van der Waals surface area contributed by atoms with Gasteiger partial charge in [0.25, 0.3) is 0 Å². The third kappa shape index (κ3) is 5.03. The van der Waals surface area contributed by atoms with Gasteiger partial charge < -0.3 is 10.6 Å². The number of carbonyl (C=O) groups excluding carboxylic acids is 2. The van der Waals surface area contributed by atoms with Gasteiger partial charge in [0.1, 0.15) is 24.8 Å². The number of benzene rings is 1. The predicted molar refractivity (Wildman–Crippen MR) is 121 cm³/mol. The van der Waals surface area contributed by atoms with E-state index in [4.69, 9.17) is 0 Å². The zero-order valence-corrected chi connectivity index (χ0v) is 20.0. The number of nitrogens with zero attached hydrogens (tertiary/aromatic N) is 4. The van der Waals surface area contributed by atoms with Crippen molar-refractivity contribution < 1.29 is 27.1 Å². The first-order valence-corrected chi connectivity index (χ1v) is 11.6. The molecule has 3 rings (SSSR count). The van der Waals surface area contributed by atoms with Crippen LogP contribution in [0.2, 0.25) is 0 Å². The van der Waals surface area contributed by atoms with E-state index in [0.717, 1.165) is 0 Å². The molecule has 2 aromatic heterocycles. The van der Waals surface area contributed by atoms with Crippen molar-refractivity contribution in [1.29, 1.82) is 0 Å². The van der Waals surface area contributed by atoms with Gasteiger partial charge in [0, 0.05) is 17.1 Å². The van der Waals surface area contributed by atoms with Crippen LogP contribution in [0.15, 0.2) is 64.9 Å². The molecule has 174 valence electrons. The van der Waals surface area contributed by atoms with Crippen molar-refractivity contribution in [3.05, 3.63) is 71.7 Å². The Balaban J connectivity index is 1.73. The van der Waals surface area contributed by atoms with E-state index >= 15 is 0 Å². The van der Waals surface area contributed by atoms with Crippen LogP contribution in [0.5, 0.6) is 0 Å². The van der Waals surface area contributed by atoms with E-state index in [1.54, 1.807) is 83.4 Å². The number of aromatic nitrogens is 4. The number of amides is 2. The molecule has 2 amide bonds. The van der Waals surface area contributed by atoms with Crippen LogP contribution < -0.4 is 19.8 Å². The maximum Gasteiger partial charge on any atom is 0.347 e. The molecule has 0 aliphatic heterocycles. The van der Waals surface area contributed by atoms with E-state index < -0.39 is 9.84 Å². The summed E-state index contributed by atoms with van der Waals surface area (Å²) in [5.41, 5.74) is 0.361. The Morgan fingerprint density at radius 3 is 2.12 bits per heavy atom. The van der Waals surface area contributed by atoms with Crippen LogP contribution >= 0.6 is 0 Å². The summed E-state index contributed by atoms with van der Waals surface area (Å²) in [4.78, 5) is 25.1. The van der Waals surface area contributed by atoms with Gasteiger partial charge in [-0.3, -0.25) is 9.59 Å². The summed E-state index contributed by atoms with van der Waals surface area (Å²) in [5.74, 6) is 0.189. The minimum absolute atomic E-state index is 0.0467. The largest absolute Gasteiger partial charge is 0.347 e. The molecule has 2 heterocycles. The molecule has 3 aromatic rings. The molecule has 33 heavy (non-hydrogen) atoms. The lowest BCUT2D eigenvalue weighted by molar-refractivity contribution is -0.673. The number of nitrogens with one attached hydrogen (secondary N) is 2. The van der Waals surface area contributed by atoms with Crippen molar-refractivity contribution in [3.8, 4) is 0 Å². The fraction of sp³-hybridized carbons (Fsp3) is 0.273. The van der Waals surface area contributed by atoms with Gasteiger partial charge >= 0.3 is 23.5 Å². The van der Waals surface area contributed by atoms with Crippen molar-refractivity contribution >= 4 is 27.3 Å². The number of allylic oxidation sites excluding steroid dienone is 1. The highest BCUT2D eigenvalue weighted by Crippen LogP contribution is 2.22. The molecule has 11 heteroatoms. The molecule has 2 N–H and O–H groups in total. The molecule has 0 unspecified atom stereocenters. The highest BCUT2D eigenvalue weighted by atomic mass is 32.2. The summed E-state index contributed by atoms with van der Waals surface area (Å²) in [5, 5.41) is 5.44. The van der Waals surface area contributed by atoms with Gasteiger partial charge in [0.15, 0.2) is 0 Å². The van der Waals surface area contributed by atoms with Gasteiger partial charge in [-0.25, -0.2) is 26.7 Å². The van der Waals surface area contributed by atoms with Crippen LogP contribution in [0, 0.1) is 0 Å². The lowest BCUT2D eigenvalue weighted by Crippen LogP contribution is -2.40. The Bertz CT molecular complexity index is 1310. The Kier molecular flexibility index (Phi) is 6.82. The van der Waals surface area contributed by atoms with Crippen LogP contribution in [-0.4, -0.2) is 35.9 Å². The molecular weight excluding hydrogens is 444 g/mol. The lowest BCUT2D eigenvalue weighted by atomic mass is 10.3. The second-order valence-corrected chi connectivity index (χ2v) is 9.82. The molecule has 0 bridgehead atoms. The molecule has 0 fully saturated rings. The fourth-order valence-corrected chi connectivity index (χ4v) is 4.63. The Hall–Kier alpha value is -3.73. The van der Waals surface area contributed by atoms with Crippen molar-refractivity contribution in [2.75, 3.05) is 11.9 Å². The summed E-state index contributed by atoms with van der Waals surface area (Å²) in [6.07, 6.45) is 8.46. The monoisotopic (exact) mass is 472 g/mol. The first-order chi connectivity index (χ1) is 15.5. The number of imidazole rings is 2. The third-order valence-corrected chi connectivity index (χ3v) is 7.14. The summed E-state index contributed by atoms with van der Waals surface area (Å²) >= 11 is 0. The molecule has 0 spiro atoms. The molecule has 10 nitrogen and oxygen atoms in total. The quantitative estimate of drug-likeness (QED) is 0.484. The Morgan fingerprint density at radius 1 is 1.00 bits per heavy atom. The highest BCUT2D eigenvalue weighted by molar-refractivity contribution is 7.95. The zero-order chi connectivity index (χ0) is 24.3. The Morgan fingerprint density at radius 2 is 1.58 bits per heavy atom. The number of aryl methyl sites for hydroxylation is 4. The van der Waals surface area contributed by atoms with E-state index in [0.29, 0.717) is 17.3 Å². The maximum absolute atomic E-state index is 13.0. The molecular formula is C22H28N6O4S+2. The van der Waals surface area contributed by atoms with Gasteiger partial charge in [-0.1, -0.05) is 12.1 Å². The fourth-order valence-electron chi connectivity index (χ4n) is 3.41. The average molecular weight is 473 g/mol. The molecule has 1 aromatic carbocycles. The first kappa shape index (κ1) is 23.9. The number of hydrogen-bond acceptors (Lipinski definition) is 4. The second-order valence-electron chi connectivity index (χ2n) is 7.70. The van der Waals surface area contributed by atoms with E-state index in [9.17, 15) is 18.0 Å². The summed E-state index contributed by atoms with van der Waals surface area (Å²) < 4.78 is 32.7. The molecule has 0 saturated heterocycles. The van der Waals surface area contributed by atoms with Gasteiger partial charge in [-0.2, -0.15) is 0 Å². The molecule has 0 aliphatic rings. The number of anilines is 1. The van der Waals surface area contributed by atoms with Crippen molar-refractivity contribution in [1.82, 2.24) is 14.5 Å². The average Bonchev–Trinajstić information content (AvgIpc) is 3.28. The van der Waals surface area contributed by atoms with Gasteiger partial charge in [0.05, 0.1) is 33.1 Å². The van der Waals surface area contributed by atoms with Crippen molar-refractivity contribution in [2.24, 2.45) is 28.2 Å². The standard InChI is InChI=1S/C22H26N6O4S/c1-16(9-10-23-19(29)21-25(2)11-12-26(21)3)33(31,32)18-8-6-7-17(15-18)24-20(30)22-27(4)13-14-28(22)5/h6-9,11-15H,10H2,1-5H3/p+2/b16-9+. The van der Waals surface area contributed by atoms with Crippen LogP contribution in [0.3, 0.4) is 0 Å². The Labute approximate surface area is 192 Å². The van der Waals surface area contributed by atoms with E-state index in [-0.39, 0.29) is 28.2 Å². The lowest BCUT2D eigenvalue weighted by Gasteiger charge is -2.08. The zero-order valence-electron chi connectivity index (χ0n) is 19.2. The topological polar surface area (TPSA) is 110 Å². The van der Waals surface area contributed by atoms with Crippen LogP contribution in [0.25, 0.3) is 0 Å². The normalized spacial score (nSPS) is 12.0. The SMILES string of the molecule is C/C(=C\CNC(=O)c1n(C)cc[n+]1C)S(=O)(=O)c1cccc(NC(=O)c2n(C)cc[n+]2C)c1.